The lowest BCUT2D eigenvalue weighted by Crippen LogP contribution is -2.34. The number of ether oxygens (including phenoxy) is 2. The van der Waals surface area contributed by atoms with Gasteiger partial charge < -0.3 is 14.8 Å². The molecule has 1 unspecified atom stereocenters. The van der Waals surface area contributed by atoms with Gasteiger partial charge in [0.1, 0.15) is 5.75 Å². The van der Waals surface area contributed by atoms with Crippen molar-refractivity contribution < 1.29 is 9.47 Å². The number of hydrogen-bond acceptors (Lipinski definition) is 3. The number of rotatable bonds is 6. The van der Waals surface area contributed by atoms with Crippen LogP contribution < -0.4 is 10.1 Å². The molecule has 3 nitrogen and oxygen atoms in total. The largest absolute Gasteiger partial charge is 0.493 e. The van der Waals surface area contributed by atoms with Crippen molar-refractivity contribution in [3.63, 3.8) is 0 Å². The molecule has 0 bridgehead atoms. The third-order valence-electron chi connectivity index (χ3n) is 2.96. The first-order valence-electron chi connectivity index (χ1n) is 5.97. The number of benzene rings is 1. The molecule has 2 rings (SSSR count). The summed E-state index contributed by atoms with van der Waals surface area (Å²) in [5.74, 6) is 1.56. The molecule has 18 heavy (non-hydrogen) atoms. The van der Waals surface area contributed by atoms with Gasteiger partial charge in [0, 0.05) is 42.0 Å². The van der Waals surface area contributed by atoms with Crippen LogP contribution in [0.5, 0.6) is 5.75 Å². The van der Waals surface area contributed by atoms with Crippen LogP contribution in [0.25, 0.3) is 0 Å². The Morgan fingerprint density at radius 2 is 2.39 bits per heavy atom. The zero-order valence-electron chi connectivity index (χ0n) is 10.3. The fraction of sp³-hybridized carbons (Fsp3) is 0.538. The Labute approximate surface area is 121 Å². The van der Waals surface area contributed by atoms with E-state index in [-0.39, 0.29) is 6.04 Å². The summed E-state index contributed by atoms with van der Waals surface area (Å²) in [6.45, 7) is 2.12. The van der Waals surface area contributed by atoms with E-state index in [1.807, 2.05) is 0 Å². The quantitative estimate of drug-likeness (QED) is 0.812. The molecule has 0 radical (unpaired) electrons. The van der Waals surface area contributed by atoms with Gasteiger partial charge >= 0.3 is 0 Å². The predicted molar refractivity (Wildman–Crippen MR) is 76.6 cm³/mol. The SMILES string of the molecule is COCC(CCl)NCc1cc(Br)cc2c1OCC2. The molecule has 1 N–H and O–H groups in total. The minimum Gasteiger partial charge on any atom is -0.493 e. The maximum Gasteiger partial charge on any atom is 0.127 e. The van der Waals surface area contributed by atoms with E-state index in [9.17, 15) is 0 Å². The molecule has 0 aliphatic carbocycles. The second kappa shape index (κ2) is 6.75. The van der Waals surface area contributed by atoms with Gasteiger partial charge in [-0.05, 0) is 17.7 Å². The van der Waals surface area contributed by atoms with Crippen LogP contribution >= 0.6 is 27.5 Å². The van der Waals surface area contributed by atoms with Crippen LogP contribution in [-0.2, 0) is 17.7 Å². The van der Waals surface area contributed by atoms with Crippen molar-refractivity contribution in [1.82, 2.24) is 5.32 Å². The summed E-state index contributed by atoms with van der Waals surface area (Å²) in [6.07, 6.45) is 0.985. The highest BCUT2D eigenvalue weighted by atomic mass is 79.9. The second-order valence-electron chi connectivity index (χ2n) is 4.34. The lowest BCUT2D eigenvalue weighted by atomic mass is 10.1. The zero-order valence-corrected chi connectivity index (χ0v) is 12.7. The van der Waals surface area contributed by atoms with Gasteiger partial charge in [-0.25, -0.2) is 0 Å². The lowest BCUT2D eigenvalue weighted by Gasteiger charge is -2.16. The van der Waals surface area contributed by atoms with E-state index >= 15 is 0 Å². The van der Waals surface area contributed by atoms with Gasteiger partial charge in [0.2, 0.25) is 0 Å². The second-order valence-corrected chi connectivity index (χ2v) is 5.56. The average Bonchev–Trinajstić information content (AvgIpc) is 2.82. The van der Waals surface area contributed by atoms with Crippen LogP contribution in [-0.4, -0.2) is 32.2 Å². The Hall–Kier alpha value is -0.290. The van der Waals surface area contributed by atoms with E-state index in [2.05, 4.69) is 33.4 Å². The van der Waals surface area contributed by atoms with Crippen LogP contribution in [0, 0.1) is 0 Å². The van der Waals surface area contributed by atoms with Gasteiger partial charge in [0.05, 0.1) is 13.2 Å². The Morgan fingerprint density at radius 1 is 1.56 bits per heavy atom. The maximum absolute atomic E-state index is 5.88. The molecule has 5 heteroatoms. The highest BCUT2D eigenvalue weighted by molar-refractivity contribution is 9.10. The lowest BCUT2D eigenvalue weighted by molar-refractivity contribution is 0.172. The first kappa shape index (κ1) is 14.1. The van der Waals surface area contributed by atoms with Gasteiger partial charge in [0.15, 0.2) is 0 Å². The molecular weight excluding hydrogens is 318 g/mol. The summed E-state index contributed by atoms with van der Waals surface area (Å²) >= 11 is 9.41. The molecule has 1 aromatic carbocycles. The Morgan fingerprint density at radius 3 is 3.11 bits per heavy atom. The van der Waals surface area contributed by atoms with E-state index in [0.29, 0.717) is 12.5 Å². The number of hydrogen-bond donors (Lipinski definition) is 1. The van der Waals surface area contributed by atoms with Crippen LogP contribution in [0.2, 0.25) is 0 Å². The molecular formula is C13H17BrClNO2. The minimum atomic E-state index is 0.160. The topological polar surface area (TPSA) is 30.5 Å². The van der Waals surface area contributed by atoms with E-state index in [4.69, 9.17) is 21.1 Å². The summed E-state index contributed by atoms with van der Waals surface area (Å²) in [5, 5.41) is 3.39. The molecule has 0 saturated carbocycles. The van der Waals surface area contributed by atoms with Gasteiger partial charge in [-0.3, -0.25) is 0 Å². The van der Waals surface area contributed by atoms with Crippen LogP contribution in [0.1, 0.15) is 11.1 Å². The van der Waals surface area contributed by atoms with Crippen molar-refractivity contribution >= 4 is 27.5 Å². The molecule has 1 heterocycles. The molecule has 0 fully saturated rings. The number of fused-ring (bicyclic) bond motifs is 1. The molecule has 0 saturated heterocycles. The van der Waals surface area contributed by atoms with E-state index in [1.165, 1.54) is 11.1 Å². The highest BCUT2D eigenvalue weighted by Crippen LogP contribution is 2.32. The molecule has 1 atom stereocenters. The van der Waals surface area contributed by atoms with Gasteiger partial charge in [-0.15, -0.1) is 11.6 Å². The molecule has 1 aliphatic heterocycles. The predicted octanol–water partition coefficient (Wildman–Crippen LogP) is 2.73. The normalized spacial score (nSPS) is 15.3. The Kier molecular flexibility index (Phi) is 5.30. The molecule has 1 aromatic rings. The molecule has 0 amide bonds. The number of alkyl halides is 1. The van der Waals surface area contributed by atoms with Gasteiger partial charge in [0.25, 0.3) is 0 Å². The first-order chi connectivity index (χ1) is 8.74. The third kappa shape index (κ3) is 3.38. The fourth-order valence-corrected chi connectivity index (χ4v) is 2.84. The van der Waals surface area contributed by atoms with Crippen LogP contribution in [0.15, 0.2) is 16.6 Å². The average molecular weight is 335 g/mol. The molecule has 0 aromatic heterocycles. The third-order valence-corrected chi connectivity index (χ3v) is 3.79. The van der Waals surface area contributed by atoms with E-state index in [1.54, 1.807) is 7.11 Å². The number of halogens is 2. The summed E-state index contributed by atoms with van der Waals surface area (Å²) in [7, 11) is 1.68. The smallest absolute Gasteiger partial charge is 0.127 e. The fourth-order valence-electron chi connectivity index (χ4n) is 2.09. The van der Waals surface area contributed by atoms with Crippen molar-refractivity contribution in [2.75, 3.05) is 26.2 Å². The standard InChI is InChI=1S/C13H17BrClNO2/c1-17-8-12(6-15)16-7-10-5-11(14)4-9-2-3-18-13(9)10/h4-5,12,16H,2-3,6-8H2,1H3. The maximum atomic E-state index is 5.88. The summed E-state index contributed by atoms with van der Waals surface area (Å²) in [5.41, 5.74) is 2.44. The monoisotopic (exact) mass is 333 g/mol. The number of nitrogens with one attached hydrogen (secondary N) is 1. The molecule has 100 valence electrons. The summed E-state index contributed by atoms with van der Waals surface area (Å²) in [6, 6.07) is 4.38. The zero-order chi connectivity index (χ0) is 13.0. The van der Waals surface area contributed by atoms with Crippen molar-refractivity contribution in [3.05, 3.63) is 27.7 Å². The minimum absolute atomic E-state index is 0.160. The number of methoxy groups -OCH3 is 1. The Bertz CT molecular complexity index is 414. The van der Waals surface area contributed by atoms with Crippen molar-refractivity contribution in [2.45, 2.75) is 19.0 Å². The summed E-state index contributed by atoms with van der Waals surface area (Å²) < 4.78 is 11.9. The highest BCUT2D eigenvalue weighted by Gasteiger charge is 2.18. The molecule has 1 aliphatic rings. The van der Waals surface area contributed by atoms with Gasteiger partial charge in [-0.1, -0.05) is 15.9 Å². The van der Waals surface area contributed by atoms with Crippen molar-refractivity contribution in [3.8, 4) is 5.75 Å². The molecule has 0 spiro atoms. The van der Waals surface area contributed by atoms with E-state index < -0.39 is 0 Å². The van der Waals surface area contributed by atoms with Crippen LogP contribution in [0.3, 0.4) is 0 Å². The van der Waals surface area contributed by atoms with E-state index in [0.717, 1.165) is 29.8 Å². The Balaban J connectivity index is 2.05. The van der Waals surface area contributed by atoms with Crippen molar-refractivity contribution in [2.24, 2.45) is 0 Å². The van der Waals surface area contributed by atoms with Gasteiger partial charge in [-0.2, -0.15) is 0 Å². The first-order valence-corrected chi connectivity index (χ1v) is 7.29. The van der Waals surface area contributed by atoms with Crippen LogP contribution in [0.4, 0.5) is 0 Å². The van der Waals surface area contributed by atoms with Crippen molar-refractivity contribution in [1.29, 1.82) is 0 Å². The summed E-state index contributed by atoms with van der Waals surface area (Å²) in [4.78, 5) is 0.